The van der Waals surface area contributed by atoms with Crippen molar-refractivity contribution in [1.29, 1.82) is 0 Å². The van der Waals surface area contributed by atoms with E-state index in [-0.39, 0.29) is 6.10 Å². The molecule has 0 amide bonds. The summed E-state index contributed by atoms with van der Waals surface area (Å²) in [7, 11) is 2.07. The molecule has 1 N–H and O–H groups in total. The fourth-order valence-electron chi connectivity index (χ4n) is 3.35. The van der Waals surface area contributed by atoms with Crippen LogP contribution in [0.1, 0.15) is 69.1 Å². The minimum Gasteiger partial charge on any atom is -0.372 e. The van der Waals surface area contributed by atoms with E-state index in [4.69, 9.17) is 4.74 Å². The van der Waals surface area contributed by atoms with E-state index in [9.17, 15) is 0 Å². The Kier molecular flexibility index (Phi) is 7.25. The lowest BCUT2D eigenvalue weighted by Gasteiger charge is -2.32. The third kappa shape index (κ3) is 4.82. The van der Waals surface area contributed by atoms with Crippen molar-refractivity contribution in [2.45, 2.75) is 70.4 Å². The molecule has 0 bridgehead atoms. The highest BCUT2D eigenvalue weighted by Crippen LogP contribution is 2.31. The highest BCUT2D eigenvalue weighted by Gasteiger charge is 2.27. The van der Waals surface area contributed by atoms with Gasteiger partial charge in [0.2, 0.25) is 0 Å². The van der Waals surface area contributed by atoms with Crippen LogP contribution >= 0.6 is 0 Å². The molecule has 1 aromatic rings. The number of rotatable bonds is 9. The quantitative estimate of drug-likeness (QED) is 0.669. The normalized spacial score (nSPS) is 19.2. The molecule has 0 fully saturated rings. The van der Waals surface area contributed by atoms with Crippen LogP contribution in [0, 0.1) is 0 Å². The first kappa shape index (κ1) is 16.5. The molecule has 1 aromatic carbocycles. The smallest absolute Gasteiger partial charge is 0.0980 e. The molecule has 2 atom stereocenters. The topological polar surface area (TPSA) is 21.3 Å². The number of hydrogen-bond acceptors (Lipinski definition) is 2. The molecule has 118 valence electrons. The van der Waals surface area contributed by atoms with Gasteiger partial charge < -0.3 is 10.1 Å². The number of hydrogen-bond donors (Lipinski definition) is 1. The third-order valence-electron chi connectivity index (χ3n) is 4.64. The molecule has 0 aromatic heterocycles. The van der Waals surface area contributed by atoms with Crippen LogP contribution in [-0.2, 0) is 11.2 Å². The van der Waals surface area contributed by atoms with Crippen molar-refractivity contribution in [2.75, 3.05) is 13.7 Å². The average molecular weight is 289 g/mol. The zero-order valence-electron chi connectivity index (χ0n) is 13.7. The van der Waals surface area contributed by atoms with Crippen molar-refractivity contribution in [2.24, 2.45) is 0 Å². The molecule has 2 unspecified atom stereocenters. The Bertz CT molecular complexity index is 404. The van der Waals surface area contributed by atoms with Gasteiger partial charge in [-0.15, -0.1) is 0 Å². The first-order valence-electron chi connectivity index (χ1n) is 8.73. The van der Waals surface area contributed by atoms with Crippen molar-refractivity contribution < 1.29 is 4.74 Å². The zero-order chi connectivity index (χ0) is 14.9. The van der Waals surface area contributed by atoms with Gasteiger partial charge in [0.25, 0.3) is 0 Å². The minimum atomic E-state index is 0.232. The van der Waals surface area contributed by atoms with E-state index in [0.717, 1.165) is 13.0 Å². The van der Waals surface area contributed by atoms with E-state index in [1.807, 2.05) is 0 Å². The van der Waals surface area contributed by atoms with E-state index in [0.29, 0.717) is 6.04 Å². The molecule has 1 aliphatic rings. The van der Waals surface area contributed by atoms with E-state index in [1.165, 1.54) is 56.1 Å². The average Bonchev–Trinajstić information content (AvgIpc) is 2.54. The molecular formula is C19H31NO. The molecule has 21 heavy (non-hydrogen) atoms. The maximum atomic E-state index is 6.09. The number of fused-ring (bicyclic) bond motifs is 1. The van der Waals surface area contributed by atoms with Gasteiger partial charge >= 0.3 is 0 Å². The maximum Gasteiger partial charge on any atom is 0.0980 e. The summed E-state index contributed by atoms with van der Waals surface area (Å²) in [6, 6.07) is 9.21. The Morgan fingerprint density at radius 3 is 2.71 bits per heavy atom. The highest BCUT2D eigenvalue weighted by atomic mass is 16.5. The van der Waals surface area contributed by atoms with Crippen molar-refractivity contribution >= 4 is 0 Å². The monoisotopic (exact) mass is 289 g/mol. The van der Waals surface area contributed by atoms with Gasteiger partial charge in [-0.25, -0.2) is 0 Å². The number of nitrogens with one attached hydrogen (secondary N) is 1. The van der Waals surface area contributed by atoms with Gasteiger partial charge in [0.15, 0.2) is 0 Å². The molecule has 0 spiro atoms. The molecule has 2 nitrogen and oxygen atoms in total. The van der Waals surface area contributed by atoms with Crippen LogP contribution in [0.4, 0.5) is 0 Å². The van der Waals surface area contributed by atoms with Crippen LogP contribution < -0.4 is 5.32 Å². The second-order valence-corrected chi connectivity index (χ2v) is 6.19. The fourth-order valence-corrected chi connectivity index (χ4v) is 3.35. The Hall–Kier alpha value is -0.860. The lowest BCUT2D eigenvalue weighted by atomic mass is 9.91. The fraction of sp³-hybridized carbons (Fsp3) is 0.684. The van der Waals surface area contributed by atoms with Crippen molar-refractivity contribution in [3.05, 3.63) is 35.4 Å². The molecule has 1 aliphatic heterocycles. The van der Waals surface area contributed by atoms with Crippen LogP contribution in [0.25, 0.3) is 0 Å². The van der Waals surface area contributed by atoms with Gasteiger partial charge in [0.1, 0.15) is 0 Å². The summed E-state index contributed by atoms with van der Waals surface area (Å²) in [6.45, 7) is 3.13. The highest BCUT2D eigenvalue weighted by molar-refractivity contribution is 5.31. The number of benzene rings is 1. The first-order valence-corrected chi connectivity index (χ1v) is 8.73. The Morgan fingerprint density at radius 2 is 1.90 bits per heavy atom. The molecule has 2 rings (SSSR count). The zero-order valence-corrected chi connectivity index (χ0v) is 13.7. The SMILES string of the molecule is CCCCCCCCC(NC)C1OCCc2ccccc21. The summed E-state index contributed by atoms with van der Waals surface area (Å²) in [6.07, 6.45) is 10.6. The summed E-state index contributed by atoms with van der Waals surface area (Å²) >= 11 is 0. The van der Waals surface area contributed by atoms with Crippen molar-refractivity contribution in [1.82, 2.24) is 5.32 Å². The van der Waals surface area contributed by atoms with Crippen LogP contribution in [0.15, 0.2) is 24.3 Å². The van der Waals surface area contributed by atoms with Crippen molar-refractivity contribution in [3.63, 3.8) is 0 Å². The van der Waals surface area contributed by atoms with E-state index in [2.05, 4.69) is 43.6 Å². The Morgan fingerprint density at radius 1 is 1.14 bits per heavy atom. The first-order chi connectivity index (χ1) is 10.4. The molecule has 0 saturated carbocycles. The van der Waals surface area contributed by atoms with Crippen LogP contribution in [0.2, 0.25) is 0 Å². The standard InChI is InChI=1S/C19H31NO/c1-3-4-5-6-7-8-13-18(20-2)19-17-12-10-9-11-16(17)14-15-21-19/h9-12,18-20H,3-8,13-15H2,1-2H3. The molecule has 2 heteroatoms. The van der Waals surface area contributed by atoms with E-state index >= 15 is 0 Å². The second kappa shape index (κ2) is 9.22. The number of likely N-dealkylation sites (N-methyl/N-ethyl adjacent to an activating group) is 1. The summed E-state index contributed by atoms with van der Waals surface area (Å²) in [4.78, 5) is 0. The van der Waals surface area contributed by atoms with E-state index in [1.54, 1.807) is 0 Å². The van der Waals surface area contributed by atoms with Crippen LogP contribution in [0.3, 0.4) is 0 Å². The molecular weight excluding hydrogens is 258 g/mol. The van der Waals surface area contributed by atoms with Gasteiger partial charge in [0, 0.05) is 6.04 Å². The molecule has 1 heterocycles. The van der Waals surface area contributed by atoms with Crippen LogP contribution in [-0.4, -0.2) is 19.7 Å². The predicted octanol–water partition coefficient (Wildman–Crippen LogP) is 4.64. The lowest BCUT2D eigenvalue weighted by Crippen LogP contribution is -2.36. The minimum absolute atomic E-state index is 0.232. The Labute approximate surface area is 130 Å². The number of unbranched alkanes of at least 4 members (excludes halogenated alkanes) is 5. The molecule has 0 aliphatic carbocycles. The summed E-state index contributed by atoms with van der Waals surface area (Å²) in [5, 5.41) is 3.49. The van der Waals surface area contributed by atoms with E-state index < -0.39 is 0 Å². The van der Waals surface area contributed by atoms with Crippen LogP contribution in [0.5, 0.6) is 0 Å². The van der Waals surface area contributed by atoms with Gasteiger partial charge in [-0.05, 0) is 31.0 Å². The summed E-state index contributed by atoms with van der Waals surface area (Å²) < 4.78 is 6.09. The van der Waals surface area contributed by atoms with Crippen molar-refractivity contribution in [3.8, 4) is 0 Å². The second-order valence-electron chi connectivity index (χ2n) is 6.19. The lowest BCUT2D eigenvalue weighted by molar-refractivity contribution is 0.0145. The number of ether oxygens (including phenoxy) is 1. The predicted molar refractivity (Wildman–Crippen MR) is 89.7 cm³/mol. The maximum absolute atomic E-state index is 6.09. The Balaban J connectivity index is 1.84. The van der Waals surface area contributed by atoms with Gasteiger partial charge in [-0.3, -0.25) is 0 Å². The third-order valence-corrected chi connectivity index (χ3v) is 4.64. The molecule has 0 radical (unpaired) electrons. The summed E-state index contributed by atoms with van der Waals surface area (Å²) in [5.41, 5.74) is 2.87. The van der Waals surface area contributed by atoms with Gasteiger partial charge in [-0.1, -0.05) is 69.7 Å². The molecule has 0 saturated heterocycles. The van der Waals surface area contributed by atoms with Gasteiger partial charge in [0.05, 0.1) is 12.7 Å². The largest absolute Gasteiger partial charge is 0.372 e. The van der Waals surface area contributed by atoms with Gasteiger partial charge in [-0.2, -0.15) is 0 Å². The summed E-state index contributed by atoms with van der Waals surface area (Å²) in [5.74, 6) is 0.